The second-order valence-corrected chi connectivity index (χ2v) is 7.96. The van der Waals surface area contributed by atoms with Gasteiger partial charge in [-0.05, 0) is 25.0 Å². The number of Topliss-reactive ketones (excluding diaryl/α,β-unsaturated/α-hetero) is 1. The van der Waals surface area contributed by atoms with Crippen LogP contribution in [0, 0.1) is 0 Å². The molecule has 0 fully saturated rings. The van der Waals surface area contributed by atoms with Gasteiger partial charge in [0.25, 0.3) is 5.91 Å². The third kappa shape index (κ3) is 5.06. The number of nitrogens with one attached hydrogen (secondary N) is 1. The van der Waals surface area contributed by atoms with Gasteiger partial charge < -0.3 is 30.7 Å². The Labute approximate surface area is 187 Å². The lowest BCUT2D eigenvalue weighted by Crippen LogP contribution is -2.37. The van der Waals surface area contributed by atoms with Gasteiger partial charge >= 0.3 is 13.1 Å². The summed E-state index contributed by atoms with van der Waals surface area (Å²) in [5, 5.41) is 27.7. The van der Waals surface area contributed by atoms with E-state index in [0.717, 1.165) is 11.3 Å². The standard InChI is InChI=1S/C19H21BN4O7S/c1-9(17(26)22-2)31-24-15(13-8-32-19(21)23-13)14(25)7-11-6-10-4-3-5-12(18(27)28)16(10)30-20(11)29/h3-5,8-9,11,29H,6-7H2,1-2H3,(H2,21,23)(H,22,26)(H,27,28)/b24-15-/t9?,11-/m1/s1. The van der Waals surface area contributed by atoms with Crippen molar-refractivity contribution in [1.82, 2.24) is 10.3 Å². The Morgan fingerprint density at radius 1 is 1.47 bits per heavy atom. The summed E-state index contributed by atoms with van der Waals surface area (Å²) in [6.07, 6.45) is -0.930. The second kappa shape index (κ2) is 9.79. The number of carbonyl (C=O) groups excluding carboxylic acids is 2. The molecule has 2 aromatic rings. The van der Waals surface area contributed by atoms with Crippen LogP contribution < -0.4 is 15.7 Å². The number of nitrogens with two attached hydrogens (primary N) is 1. The number of thiazole rings is 1. The van der Waals surface area contributed by atoms with E-state index in [2.05, 4.69) is 15.5 Å². The first-order valence-corrected chi connectivity index (χ1v) is 10.5. The van der Waals surface area contributed by atoms with Crippen LogP contribution in [0.4, 0.5) is 5.13 Å². The highest BCUT2D eigenvalue weighted by molar-refractivity contribution is 7.13. The molecule has 3 rings (SSSR count). The smallest absolute Gasteiger partial charge is 0.526 e. The number of hydrogen-bond acceptors (Lipinski definition) is 10. The number of rotatable bonds is 8. The summed E-state index contributed by atoms with van der Waals surface area (Å²) in [6, 6.07) is 4.62. The molecule has 1 amide bonds. The number of aromatic carboxylic acids is 1. The fourth-order valence-electron chi connectivity index (χ4n) is 3.18. The van der Waals surface area contributed by atoms with Gasteiger partial charge in [0, 0.05) is 24.7 Å². The van der Waals surface area contributed by atoms with Gasteiger partial charge in [-0.1, -0.05) is 17.3 Å². The average Bonchev–Trinajstić information content (AvgIpc) is 3.18. The molecule has 13 heteroatoms. The highest BCUT2D eigenvalue weighted by Gasteiger charge is 2.39. The van der Waals surface area contributed by atoms with Crippen LogP contribution in [0.1, 0.15) is 35.0 Å². The summed E-state index contributed by atoms with van der Waals surface area (Å²) < 4.78 is 5.44. The van der Waals surface area contributed by atoms with Crippen molar-refractivity contribution < 1.29 is 34.0 Å². The minimum Gasteiger partial charge on any atom is -0.535 e. The molecule has 0 radical (unpaired) electrons. The Bertz CT molecular complexity index is 1070. The second-order valence-electron chi connectivity index (χ2n) is 7.07. The van der Waals surface area contributed by atoms with Gasteiger partial charge in [0.1, 0.15) is 11.4 Å². The third-order valence-corrected chi connectivity index (χ3v) is 5.52. The number of aromatic nitrogens is 1. The van der Waals surface area contributed by atoms with Crippen LogP contribution >= 0.6 is 11.3 Å². The van der Waals surface area contributed by atoms with E-state index in [9.17, 15) is 24.5 Å². The molecule has 1 aromatic carbocycles. The molecule has 2 heterocycles. The van der Waals surface area contributed by atoms with Crippen LogP contribution in [0.25, 0.3) is 0 Å². The molecule has 2 atom stereocenters. The van der Waals surface area contributed by atoms with Crippen LogP contribution in [-0.4, -0.2) is 58.8 Å². The van der Waals surface area contributed by atoms with Crippen molar-refractivity contribution in [2.24, 2.45) is 5.16 Å². The van der Waals surface area contributed by atoms with Crippen LogP contribution in [0.5, 0.6) is 5.75 Å². The maximum absolute atomic E-state index is 13.1. The van der Waals surface area contributed by atoms with E-state index >= 15 is 0 Å². The number of nitrogen functional groups attached to an aromatic ring is 1. The van der Waals surface area contributed by atoms with Crippen molar-refractivity contribution in [3.05, 3.63) is 40.4 Å². The number of para-hydroxylation sites is 1. The van der Waals surface area contributed by atoms with E-state index in [0.29, 0.717) is 5.56 Å². The lowest BCUT2D eigenvalue weighted by molar-refractivity contribution is -0.131. The van der Waals surface area contributed by atoms with Gasteiger partial charge in [-0.15, -0.1) is 11.3 Å². The summed E-state index contributed by atoms with van der Waals surface area (Å²) in [7, 11) is 0.0383. The Morgan fingerprint density at radius 3 is 2.84 bits per heavy atom. The van der Waals surface area contributed by atoms with Crippen molar-refractivity contribution in [3.63, 3.8) is 0 Å². The third-order valence-electron chi connectivity index (χ3n) is 4.84. The van der Waals surface area contributed by atoms with E-state index in [1.807, 2.05) is 0 Å². The van der Waals surface area contributed by atoms with Gasteiger partial charge in [-0.2, -0.15) is 0 Å². The maximum atomic E-state index is 13.1. The molecule has 1 aliphatic heterocycles. The molecule has 5 N–H and O–H groups in total. The van der Waals surface area contributed by atoms with Gasteiger partial charge in [0.05, 0.1) is 5.56 Å². The number of carboxylic acid groups (broad SMARTS) is 1. The summed E-state index contributed by atoms with van der Waals surface area (Å²) in [6.45, 7) is 1.47. The van der Waals surface area contributed by atoms with Crippen molar-refractivity contribution in [2.75, 3.05) is 12.8 Å². The van der Waals surface area contributed by atoms with Crippen molar-refractivity contribution >= 4 is 47.0 Å². The molecule has 0 saturated carbocycles. The molecule has 32 heavy (non-hydrogen) atoms. The predicted octanol–water partition coefficient (Wildman–Crippen LogP) is 0.724. The first kappa shape index (κ1) is 23.2. The fraction of sp³-hybridized carbons (Fsp3) is 0.316. The molecule has 168 valence electrons. The number of carbonyl (C=O) groups is 3. The van der Waals surface area contributed by atoms with Crippen LogP contribution in [-0.2, 0) is 20.8 Å². The minimum absolute atomic E-state index is 0.0666. The predicted molar refractivity (Wildman–Crippen MR) is 117 cm³/mol. The number of amides is 1. The normalized spacial score (nSPS) is 16.5. The molecular weight excluding hydrogens is 439 g/mol. The average molecular weight is 460 g/mol. The van der Waals surface area contributed by atoms with Gasteiger partial charge in [-0.25, -0.2) is 9.78 Å². The van der Waals surface area contributed by atoms with E-state index in [1.54, 1.807) is 12.1 Å². The number of carboxylic acids is 1. The molecule has 0 bridgehead atoms. The molecule has 1 unspecified atom stereocenters. The van der Waals surface area contributed by atoms with Crippen molar-refractivity contribution in [1.29, 1.82) is 0 Å². The van der Waals surface area contributed by atoms with E-state index < -0.39 is 36.7 Å². The molecule has 11 nitrogen and oxygen atoms in total. The van der Waals surface area contributed by atoms with Crippen molar-refractivity contribution in [2.45, 2.75) is 31.7 Å². The van der Waals surface area contributed by atoms with E-state index in [4.69, 9.17) is 15.2 Å². The summed E-state index contributed by atoms with van der Waals surface area (Å²) in [5.41, 5.74) is 6.20. The lowest BCUT2D eigenvalue weighted by atomic mass is 9.64. The van der Waals surface area contributed by atoms with Crippen LogP contribution in [0.15, 0.2) is 28.7 Å². The molecule has 1 aliphatic rings. The monoisotopic (exact) mass is 460 g/mol. The Kier molecular flexibility index (Phi) is 7.10. The zero-order valence-corrected chi connectivity index (χ0v) is 18.1. The number of oxime groups is 1. The van der Waals surface area contributed by atoms with Crippen LogP contribution in [0.2, 0.25) is 5.82 Å². The molecule has 1 aromatic heterocycles. The minimum atomic E-state index is -1.40. The van der Waals surface area contributed by atoms with Crippen LogP contribution in [0.3, 0.4) is 0 Å². The Morgan fingerprint density at radius 2 is 2.22 bits per heavy atom. The molecular formula is C19H21BN4O7S. The zero-order chi connectivity index (χ0) is 23.4. The molecule has 0 aliphatic carbocycles. The van der Waals surface area contributed by atoms with Gasteiger partial charge in [0.2, 0.25) is 6.10 Å². The summed E-state index contributed by atoms with van der Waals surface area (Å²) in [4.78, 5) is 45.4. The highest BCUT2D eigenvalue weighted by Crippen LogP contribution is 2.36. The quantitative estimate of drug-likeness (QED) is 0.251. The van der Waals surface area contributed by atoms with Gasteiger partial charge in [0.15, 0.2) is 16.6 Å². The summed E-state index contributed by atoms with van der Waals surface area (Å²) >= 11 is 1.11. The topological polar surface area (TPSA) is 173 Å². The Hall–Kier alpha value is -3.45. The maximum Gasteiger partial charge on any atom is 0.526 e. The lowest BCUT2D eigenvalue weighted by Gasteiger charge is -2.28. The highest BCUT2D eigenvalue weighted by atomic mass is 32.1. The Balaban J connectivity index is 1.82. The number of ketones is 1. The molecule has 0 spiro atoms. The van der Waals surface area contributed by atoms with Crippen molar-refractivity contribution in [3.8, 4) is 5.75 Å². The number of benzene rings is 1. The largest absolute Gasteiger partial charge is 0.535 e. The number of nitrogens with zero attached hydrogens (tertiary/aromatic N) is 2. The first-order chi connectivity index (χ1) is 15.2. The fourth-order valence-corrected chi connectivity index (χ4v) is 3.73. The number of hydrogen-bond donors (Lipinski definition) is 4. The van der Waals surface area contributed by atoms with E-state index in [-0.39, 0.29) is 40.7 Å². The van der Waals surface area contributed by atoms with Gasteiger partial charge in [-0.3, -0.25) is 9.59 Å². The van der Waals surface area contributed by atoms with E-state index in [1.165, 1.54) is 25.4 Å². The number of fused-ring (bicyclic) bond motifs is 1. The zero-order valence-electron chi connectivity index (χ0n) is 17.3. The number of likely N-dealkylation sites (N-methyl/N-ethyl adjacent to an activating group) is 1. The summed E-state index contributed by atoms with van der Waals surface area (Å²) in [5.74, 6) is -2.71. The SMILES string of the molecule is CNC(=O)C(C)O/N=C(\C(=O)C[C@H]1Cc2cccc(C(=O)O)c2OB1O)c1csc(N)n1. The first-order valence-electron chi connectivity index (χ1n) is 9.61. The molecule has 0 saturated heterocycles. The number of anilines is 1.